The Hall–Kier alpha value is -4.68. The Morgan fingerprint density at radius 1 is 1.14 bits per heavy atom. The average Bonchev–Trinajstić information content (AvgIpc) is 3.50. The Labute approximate surface area is 259 Å². The van der Waals surface area contributed by atoms with E-state index < -0.39 is 0 Å². The van der Waals surface area contributed by atoms with E-state index in [1.807, 2.05) is 65.3 Å². The normalized spacial score (nSPS) is 14.5. The molecule has 4 rings (SSSR count). The molecule has 12 heteroatoms. The minimum Gasteiger partial charge on any atom is -0.494 e. The average molecular weight is 603 g/mol. The Morgan fingerprint density at radius 2 is 1.93 bits per heavy atom. The number of carbonyl (C=O) groups excluding carboxylic acids is 2. The summed E-state index contributed by atoms with van der Waals surface area (Å²) in [4.78, 5) is 44.0. The van der Waals surface area contributed by atoms with Crippen molar-refractivity contribution >= 4 is 40.5 Å². The topological polar surface area (TPSA) is 124 Å². The van der Waals surface area contributed by atoms with E-state index in [4.69, 9.17) is 9.57 Å². The number of likely N-dealkylation sites (N-methyl/N-ethyl adjacent to an activating group) is 2. The summed E-state index contributed by atoms with van der Waals surface area (Å²) in [5.74, 6) is 1.19. The number of hydrogen-bond donors (Lipinski definition) is 3. The van der Waals surface area contributed by atoms with E-state index in [0.29, 0.717) is 40.9 Å². The van der Waals surface area contributed by atoms with Gasteiger partial charge in [0.1, 0.15) is 17.9 Å². The lowest BCUT2D eigenvalue weighted by molar-refractivity contribution is -0.111. The number of aromatic nitrogens is 2. The number of hydroxylamine groups is 1. The van der Waals surface area contributed by atoms with E-state index in [1.54, 1.807) is 24.3 Å². The molecule has 2 aromatic carbocycles. The first-order chi connectivity index (χ1) is 21.1. The van der Waals surface area contributed by atoms with E-state index >= 15 is 0 Å². The SMILES string of the molecule is C=CC(=O)Nc1cc(Nc2cc(N3OCC[C@@H]3c3cccc(C(=O)NC(C)C)c3)ncn2)c(OC)cc1N(C)CCN(C)C. The van der Waals surface area contributed by atoms with Crippen molar-refractivity contribution in [3.8, 4) is 5.75 Å². The van der Waals surface area contributed by atoms with Crippen molar-refractivity contribution in [1.29, 1.82) is 0 Å². The highest BCUT2D eigenvalue weighted by atomic mass is 16.7. The smallest absolute Gasteiger partial charge is 0.251 e. The third-order valence-corrected chi connectivity index (χ3v) is 7.05. The molecule has 3 aromatic rings. The minimum absolute atomic E-state index is 0.0394. The second kappa shape index (κ2) is 14.7. The van der Waals surface area contributed by atoms with Crippen molar-refractivity contribution in [2.24, 2.45) is 0 Å². The molecular weight excluding hydrogens is 560 g/mol. The maximum Gasteiger partial charge on any atom is 0.251 e. The number of rotatable bonds is 13. The lowest BCUT2D eigenvalue weighted by atomic mass is 10.0. The maximum atomic E-state index is 12.6. The summed E-state index contributed by atoms with van der Waals surface area (Å²) in [7, 11) is 7.58. The second-order valence-corrected chi connectivity index (χ2v) is 11.1. The van der Waals surface area contributed by atoms with Crippen LogP contribution in [0.15, 0.2) is 61.4 Å². The highest BCUT2D eigenvalue weighted by molar-refractivity contribution is 6.02. The van der Waals surface area contributed by atoms with Crippen LogP contribution in [-0.2, 0) is 9.63 Å². The van der Waals surface area contributed by atoms with Crippen molar-refractivity contribution in [3.63, 3.8) is 0 Å². The summed E-state index contributed by atoms with van der Waals surface area (Å²) in [5, 5.41) is 10.9. The van der Waals surface area contributed by atoms with Crippen LogP contribution < -0.4 is 30.7 Å². The van der Waals surface area contributed by atoms with Gasteiger partial charge in [0.25, 0.3) is 5.91 Å². The molecule has 12 nitrogen and oxygen atoms in total. The Morgan fingerprint density at radius 3 is 2.64 bits per heavy atom. The fraction of sp³-hybridized carbons (Fsp3) is 0.375. The Kier molecular flexibility index (Phi) is 10.7. The highest BCUT2D eigenvalue weighted by Gasteiger charge is 2.30. The van der Waals surface area contributed by atoms with Gasteiger partial charge in [-0.25, -0.2) is 15.0 Å². The minimum atomic E-state index is -0.323. The van der Waals surface area contributed by atoms with E-state index in [1.165, 1.54) is 12.4 Å². The number of hydrogen-bond acceptors (Lipinski definition) is 10. The first kappa shape index (κ1) is 32.2. The summed E-state index contributed by atoms with van der Waals surface area (Å²) in [5.41, 5.74) is 3.54. The fourth-order valence-electron chi connectivity index (χ4n) is 4.81. The van der Waals surface area contributed by atoms with Crippen LogP contribution in [0.5, 0.6) is 5.75 Å². The molecule has 0 saturated carbocycles. The zero-order valence-corrected chi connectivity index (χ0v) is 26.3. The van der Waals surface area contributed by atoms with Gasteiger partial charge in [0, 0.05) is 50.3 Å². The standard InChI is InChI=1S/C32H42N8O4/c1-8-31(41)37-24-17-25(28(43-7)18-27(24)39(6)14-13-38(4)5)36-29-19-30(34-20-33-29)40-26(12-15-44-40)22-10-9-11-23(16-22)32(42)35-21(2)3/h8-11,16-21,26H,1,12-15H2,2-7H3,(H,35,42)(H,37,41)(H,33,34,36)/t26-/m1/s1. The van der Waals surface area contributed by atoms with Gasteiger partial charge in [0.15, 0.2) is 5.82 Å². The quantitative estimate of drug-likeness (QED) is 0.243. The van der Waals surface area contributed by atoms with Crippen molar-refractivity contribution in [3.05, 3.63) is 72.6 Å². The van der Waals surface area contributed by atoms with E-state index in [0.717, 1.165) is 30.8 Å². The summed E-state index contributed by atoms with van der Waals surface area (Å²) in [6.45, 7) is 9.52. The number of benzene rings is 2. The number of methoxy groups -OCH3 is 1. The third-order valence-electron chi connectivity index (χ3n) is 7.05. The molecule has 0 radical (unpaired) electrons. The van der Waals surface area contributed by atoms with Gasteiger partial charge >= 0.3 is 0 Å². The molecule has 0 bridgehead atoms. The van der Waals surface area contributed by atoms with E-state index in [9.17, 15) is 9.59 Å². The van der Waals surface area contributed by atoms with Gasteiger partial charge in [0.05, 0.1) is 36.8 Å². The van der Waals surface area contributed by atoms with Gasteiger partial charge in [-0.3, -0.25) is 14.4 Å². The van der Waals surface area contributed by atoms with Crippen LogP contribution in [-0.4, -0.2) is 80.7 Å². The fourth-order valence-corrected chi connectivity index (χ4v) is 4.81. The monoisotopic (exact) mass is 602 g/mol. The summed E-state index contributed by atoms with van der Waals surface area (Å²) >= 11 is 0. The molecular formula is C32H42N8O4. The predicted octanol–water partition coefficient (Wildman–Crippen LogP) is 4.37. The van der Waals surface area contributed by atoms with E-state index in [2.05, 4.69) is 42.3 Å². The largest absolute Gasteiger partial charge is 0.494 e. The second-order valence-electron chi connectivity index (χ2n) is 11.1. The molecule has 1 atom stereocenters. The van der Waals surface area contributed by atoms with Gasteiger partial charge in [-0.2, -0.15) is 0 Å². The molecule has 0 aliphatic carbocycles. The number of nitrogens with zero attached hydrogens (tertiary/aromatic N) is 5. The van der Waals surface area contributed by atoms with Crippen molar-refractivity contribution in [2.45, 2.75) is 32.4 Å². The first-order valence-electron chi connectivity index (χ1n) is 14.5. The summed E-state index contributed by atoms with van der Waals surface area (Å²) in [6, 6.07) is 12.9. The van der Waals surface area contributed by atoms with Gasteiger partial charge < -0.3 is 30.5 Å². The van der Waals surface area contributed by atoms with Crippen LogP contribution in [0.25, 0.3) is 0 Å². The van der Waals surface area contributed by atoms with Crippen LogP contribution >= 0.6 is 0 Å². The molecule has 1 saturated heterocycles. The molecule has 1 fully saturated rings. The van der Waals surface area contributed by atoms with Crippen molar-refractivity contribution < 1.29 is 19.2 Å². The number of anilines is 5. The summed E-state index contributed by atoms with van der Waals surface area (Å²) < 4.78 is 5.74. The van der Waals surface area contributed by atoms with Crippen LogP contribution in [0.2, 0.25) is 0 Å². The van der Waals surface area contributed by atoms with Crippen molar-refractivity contribution in [2.75, 3.05) is 68.5 Å². The molecule has 2 heterocycles. The molecule has 0 spiro atoms. The van der Waals surface area contributed by atoms with Gasteiger partial charge in [-0.15, -0.1) is 0 Å². The number of carbonyl (C=O) groups is 2. The molecule has 0 unspecified atom stereocenters. The van der Waals surface area contributed by atoms with Crippen molar-refractivity contribution in [1.82, 2.24) is 20.2 Å². The van der Waals surface area contributed by atoms with Crippen LogP contribution in [0, 0.1) is 0 Å². The van der Waals surface area contributed by atoms with Crippen LogP contribution in [0.4, 0.5) is 28.7 Å². The molecule has 1 aromatic heterocycles. The lowest BCUT2D eigenvalue weighted by Gasteiger charge is -2.26. The number of amides is 2. The molecule has 234 valence electrons. The molecule has 3 N–H and O–H groups in total. The molecule has 1 aliphatic rings. The number of ether oxygens (including phenoxy) is 1. The van der Waals surface area contributed by atoms with E-state index in [-0.39, 0.29) is 23.9 Å². The van der Waals surface area contributed by atoms with Gasteiger partial charge in [0.2, 0.25) is 5.91 Å². The lowest BCUT2D eigenvalue weighted by Crippen LogP contribution is -2.30. The van der Waals surface area contributed by atoms with Crippen LogP contribution in [0.3, 0.4) is 0 Å². The summed E-state index contributed by atoms with van der Waals surface area (Å²) in [6.07, 6.45) is 3.42. The number of nitrogens with one attached hydrogen (secondary N) is 3. The zero-order valence-electron chi connectivity index (χ0n) is 26.3. The predicted molar refractivity (Wildman–Crippen MR) is 174 cm³/mol. The Balaban J connectivity index is 1.61. The molecule has 44 heavy (non-hydrogen) atoms. The maximum absolute atomic E-state index is 12.6. The van der Waals surface area contributed by atoms with Gasteiger partial charge in [-0.05, 0) is 57.8 Å². The Bertz CT molecular complexity index is 1480. The first-order valence-corrected chi connectivity index (χ1v) is 14.5. The molecule has 2 amide bonds. The third kappa shape index (κ3) is 8.03. The van der Waals surface area contributed by atoms with Gasteiger partial charge in [-0.1, -0.05) is 18.7 Å². The highest BCUT2D eigenvalue weighted by Crippen LogP contribution is 2.39. The molecule has 1 aliphatic heterocycles. The zero-order chi connectivity index (χ0) is 31.8. The van der Waals surface area contributed by atoms with Crippen LogP contribution in [0.1, 0.15) is 42.2 Å².